The molecule has 0 aromatic rings. The molecule has 0 aromatic carbocycles. The topological polar surface area (TPSA) is 63.6 Å². The van der Waals surface area contributed by atoms with Crippen molar-refractivity contribution in [2.45, 2.75) is 44.5 Å². The first-order chi connectivity index (χ1) is 6.13. The summed E-state index contributed by atoms with van der Waals surface area (Å²) in [5.41, 5.74) is 0. The van der Waals surface area contributed by atoms with Crippen molar-refractivity contribution >= 4 is 12.1 Å². The Kier molecular flexibility index (Phi) is 3.57. The van der Waals surface area contributed by atoms with Crippen LogP contribution in [0.3, 0.4) is 0 Å². The predicted octanol–water partition coefficient (Wildman–Crippen LogP) is 0.0729. The van der Waals surface area contributed by atoms with Gasteiger partial charge in [0.05, 0.1) is 12.2 Å². The summed E-state index contributed by atoms with van der Waals surface area (Å²) in [6.45, 7) is 1.43. The molecule has 0 aliphatic carbocycles. The molecule has 13 heavy (non-hydrogen) atoms. The highest BCUT2D eigenvalue weighted by molar-refractivity contribution is 5.76. The van der Waals surface area contributed by atoms with E-state index in [1.807, 2.05) is 0 Å². The Hall–Kier alpha value is -0.740. The van der Waals surface area contributed by atoms with E-state index >= 15 is 0 Å². The first-order valence-corrected chi connectivity index (χ1v) is 4.41. The molecule has 1 fully saturated rings. The van der Waals surface area contributed by atoms with Crippen LogP contribution in [0.1, 0.15) is 26.2 Å². The maximum atomic E-state index is 10.7. The molecule has 1 N–H and O–H groups in total. The zero-order valence-corrected chi connectivity index (χ0v) is 7.60. The second kappa shape index (κ2) is 4.48. The van der Waals surface area contributed by atoms with Gasteiger partial charge in [0.2, 0.25) is 0 Å². The van der Waals surface area contributed by atoms with Gasteiger partial charge in [0, 0.05) is 6.42 Å². The summed E-state index contributed by atoms with van der Waals surface area (Å²) in [7, 11) is 0. The van der Waals surface area contributed by atoms with Gasteiger partial charge in [-0.15, -0.1) is 0 Å². The molecule has 0 amide bonds. The van der Waals surface area contributed by atoms with Crippen LogP contribution in [0.4, 0.5) is 0 Å². The third-order valence-electron chi connectivity index (χ3n) is 2.16. The molecule has 4 nitrogen and oxygen atoms in total. The summed E-state index contributed by atoms with van der Waals surface area (Å²) in [5, 5.41) is 9.47. The van der Waals surface area contributed by atoms with E-state index in [1.165, 1.54) is 6.92 Å². The van der Waals surface area contributed by atoms with Crippen LogP contribution in [0.15, 0.2) is 0 Å². The van der Waals surface area contributed by atoms with Gasteiger partial charge < -0.3 is 14.6 Å². The van der Waals surface area contributed by atoms with Crippen molar-refractivity contribution in [2.24, 2.45) is 0 Å². The predicted molar refractivity (Wildman–Crippen MR) is 45.3 cm³/mol. The van der Waals surface area contributed by atoms with Gasteiger partial charge in [0.1, 0.15) is 18.2 Å². The monoisotopic (exact) mass is 186 g/mol. The van der Waals surface area contributed by atoms with E-state index in [9.17, 15) is 14.7 Å². The molecular formula is C9H14O4. The maximum Gasteiger partial charge on any atom is 0.148 e. The van der Waals surface area contributed by atoms with Gasteiger partial charge in [-0.2, -0.15) is 0 Å². The molecule has 0 aromatic heterocycles. The third-order valence-corrected chi connectivity index (χ3v) is 2.16. The van der Waals surface area contributed by atoms with E-state index < -0.39 is 12.2 Å². The highest BCUT2D eigenvalue weighted by atomic mass is 16.5. The lowest BCUT2D eigenvalue weighted by Crippen LogP contribution is -2.28. The van der Waals surface area contributed by atoms with Crippen LogP contribution in [0.5, 0.6) is 0 Å². The van der Waals surface area contributed by atoms with E-state index in [2.05, 4.69) is 0 Å². The number of ether oxygens (including phenoxy) is 1. The number of hydrogen-bond acceptors (Lipinski definition) is 4. The van der Waals surface area contributed by atoms with Gasteiger partial charge in [0.25, 0.3) is 0 Å². The standard InChI is InChI=1S/C9H14O4/c1-6(11)4-8(12)9-3-2-7(5-10)13-9/h5,7-9,12H,2-4H2,1H3/t7-,8?,9+/m0/s1. The number of Topliss-reactive ketones (excluding diaryl/α,β-unsaturated/α-hetero) is 1. The largest absolute Gasteiger partial charge is 0.390 e. The van der Waals surface area contributed by atoms with E-state index in [4.69, 9.17) is 4.74 Å². The molecule has 1 aliphatic heterocycles. The zero-order valence-electron chi connectivity index (χ0n) is 7.60. The Balaban J connectivity index is 2.36. The minimum absolute atomic E-state index is 0.0642. The van der Waals surface area contributed by atoms with Crippen LogP contribution in [0.2, 0.25) is 0 Å². The lowest BCUT2D eigenvalue weighted by Gasteiger charge is -2.16. The molecular weight excluding hydrogens is 172 g/mol. The van der Waals surface area contributed by atoms with Crippen LogP contribution in [0, 0.1) is 0 Å². The van der Waals surface area contributed by atoms with Crippen molar-refractivity contribution in [1.29, 1.82) is 0 Å². The van der Waals surface area contributed by atoms with E-state index in [1.54, 1.807) is 0 Å². The summed E-state index contributed by atoms with van der Waals surface area (Å²) in [5.74, 6) is -0.0642. The lowest BCUT2D eigenvalue weighted by molar-refractivity contribution is -0.124. The summed E-state index contributed by atoms with van der Waals surface area (Å²) in [4.78, 5) is 21.0. The molecule has 4 heteroatoms. The van der Waals surface area contributed by atoms with Crippen molar-refractivity contribution in [3.05, 3.63) is 0 Å². The van der Waals surface area contributed by atoms with Crippen LogP contribution >= 0.6 is 0 Å². The fourth-order valence-corrected chi connectivity index (χ4v) is 1.50. The summed E-state index contributed by atoms with van der Waals surface area (Å²) in [6.07, 6.45) is 0.630. The lowest BCUT2D eigenvalue weighted by atomic mass is 10.1. The van der Waals surface area contributed by atoms with Crippen LogP contribution in [0.25, 0.3) is 0 Å². The highest BCUT2D eigenvalue weighted by Crippen LogP contribution is 2.22. The molecule has 1 saturated heterocycles. The molecule has 3 atom stereocenters. The zero-order chi connectivity index (χ0) is 9.84. The third kappa shape index (κ3) is 2.90. The number of rotatable bonds is 4. The normalized spacial score (nSPS) is 30.0. The smallest absolute Gasteiger partial charge is 0.148 e. The number of hydrogen-bond donors (Lipinski definition) is 1. The summed E-state index contributed by atoms with van der Waals surface area (Å²) in [6, 6.07) is 0. The fraction of sp³-hybridized carbons (Fsp3) is 0.778. The van der Waals surface area contributed by atoms with Crippen molar-refractivity contribution in [1.82, 2.24) is 0 Å². The van der Waals surface area contributed by atoms with Crippen molar-refractivity contribution < 1.29 is 19.4 Å². The van der Waals surface area contributed by atoms with Gasteiger partial charge in [0.15, 0.2) is 0 Å². The first-order valence-electron chi connectivity index (χ1n) is 4.41. The van der Waals surface area contributed by atoms with Gasteiger partial charge in [-0.3, -0.25) is 4.79 Å². The number of aliphatic hydroxyl groups is 1. The quantitative estimate of drug-likeness (QED) is 0.631. The fourth-order valence-electron chi connectivity index (χ4n) is 1.50. The second-order valence-electron chi connectivity index (χ2n) is 3.40. The molecule has 0 radical (unpaired) electrons. The SMILES string of the molecule is CC(=O)CC(O)[C@H]1CC[C@@H](C=O)O1. The van der Waals surface area contributed by atoms with Gasteiger partial charge in [-0.1, -0.05) is 0 Å². The molecule has 0 saturated carbocycles. The maximum absolute atomic E-state index is 10.7. The Labute approximate surface area is 76.9 Å². The number of carbonyl (C=O) groups excluding carboxylic acids is 2. The van der Waals surface area contributed by atoms with Crippen LogP contribution in [-0.4, -0.2) is 35.5 Å². The second-order valence-corrected chi connectivity index (χ2v) is 3.40. The molecule has 1 heterocycles. The average Bonchev–Trinajstić information content (AvgIpc) is 2.50. The Morgan fingerprint density at radius 3 is 2.85 bits per heavy atom. The molecule has 1 aliphatic rings. The number of carbonyl (C=O) groups is 2. The Morgan fingerprint density at radius 1 is 1.69 bits per heavy atom. The number of ketones is 1. The highest BCUT2D eigenvalue weighted by Gasteiger charge is 2.30. The number of aldehydes is 1. The van der Waals surface area contributed by atoms with Crippen LogP contribution < -0.4 is 0 Å². The number of aliphatic hydroxyl groups excluding tert-OH is 1. The Bertz CT molecular complexity index is 202. The summed E-state index contributed by atoms with van der Waals surface area (Å²) >= 11 is 0. The molecule has 1 unspecified atom stereocenters. The van der Waals surface area contributed by atoms with Gasteiger partial charge in [-0.25, -0.2) is 0 Å². The van der Waals surface area contributed by atoms with E-state index in [0.29, 0.717) is 12.8 Å². The molecule has 74 valence electrons. The van der Waals surface area contributed by atoms with Gasteiger partial charge >= 0.3 is 0 Å². The first kappa shape index (κ1) is 10.3. The molecule has 1 rings (SSSR count). The molecule has 0 spiro atoms. The van der Waals surface area contributed by atoms with Crippen molar-refractivity contribution in [3.8, 4) is 0 Å². The summed E-state index contributed by atoms with van der Waals surface area (Å²) < 4.78 is 5.20. The minimum atomic E-state index is -0.762. The van der Waals surface area contributed by atoms with E-state index in [-0.39, 0.29) is 18.3 Å². The minimum Gasteiger partial charge on any atom is -0.390 e. The average molecular weight is 186 g/mol. The van der Waals surface area contributed by atoms with Gasteiger partial charge in [-0.05, 0) is 19.8 Å². The Morgan fingerprint density at radius 2 is 2.38 bits per heavy atom. The van der Waals surface area contributed by atoms with Crippen molar-refractivity contribution in [3.63, 3.8) is 0 Å². The van der Waals surface area contributed by atoms with Crippen molar-refractivity contribution in [2.75, 3.05) is 0 Å². The van der Waals surface area contributed by atoms with E-state index in [0.717, 1.165) is 6.29 Å². The van der Waals surface area contributed by atoms with Crippen LogP contribution in [-0.2, 0) is 14.3 Å². The molecule has 0 bridgehead atoms.